The lowest BCUT2D eigenvalue weighted by atomic mass is 10.0. The maximum Gasteiger partial charge on any atom is 0.151 e. The van der Waals surface area contributed by atoms with Crippen LogP contribution in [0.15, 0.2) is 40.4 Å². The molecule has 0 aliphatic carbocycles. The Kier molecular flexibility index (Phi) is 6.12. The highest BCUT2D eigenvalue weighted by molar-refractivity contribution is 5.68. The first-order valence-corrected chi connectivity index (χ1v) is 9.22. The fourth-order valence-corrected chi connectivity index (χ4v) is 3.15. The largest absolute Gasteiger partial charge is 0.496 e. The number of aromatic nitrogens is 1. The minimum absolute atomic E-state index is 0.806. The lowest BCUT2D eigenvalue weighted by molar-refractivity contribution is 0.137. The van der Waals surface area contributed by atoms with Gasteiger partial charge in [0.25, 0.3) is 0 Å². The van der Waals surface area contributed by atoms with Crippen molar-refractivity contribution in [1.82, 2.24) is 15.0 Å². The average molecular weight is 355 g/mol. The fraction of sp³-hybridized carbons (Fsp3) is 0.476. The minimum atomic E-state index is 0.806. The highest BCUT2D eigenvalue weighted by Crippen LogP contribution is 2.31. The first-order valence-electron chi connectivity index (χ1n) is 9.22. The van der Waals surface area contributed by atoms with Crippen LogP contribution in [0.1, 0.15) is 25.2 Å². The van der Waals surface area contributed by atoms with Crippen molar-refractivity contribution in [2.45, 2.75) is 26.8 Å². The molecule has 0 bridgehead atoms. The van der Waals surface area contributed by atoms with Crippen LogP contribution in [0.25, 0.3) is 11.3 Å². The molecule has 1 fully saturated rings. The number of hydrogen-bond donors (Lipinski definition) is 0. The molecule has 0 radical (unpaired) electrons. The number of methoxy groups -OCH3 is 1. The molecule has 1 saturated heterocycles. The Hall–Kier alpha value is -2.11. The molecule has 1 aromatic heterocycles. The predicted octanol–water partition coefficient (Wildman–Crippen LogP) is 3.61. The summed E-state index contributed by atoms with van der Waals surface area (Å²) in [5.41, 5.74) is 4.38. The van der Waals surface area contributed by atoms with Gasteiger partial charge in [-0.05, 0) is 45.0 Å². The zero-order chi connectivity index (χ0) is 18.5. The van der Waals surface area contributed by atoms with Gasteiger partial charge in [0.15, 0.2) is 5.76 Å². The highest BCUT2D eigenvalue weighted by Gasteiger charge is 2.17. The maximum atomic E-state index is 5.61. The molecule has 1 aliphatic heterocycles. The molecule has 140 valence electrons. The molecule has 5 nitrogen and oxygen atoms in total. The third-order valence-corrected chi connectivity index (χ3v) is 4.82. The van der Waals surface area contributed by atoms with Gasteiger partial charge in [-0.25, -0.2) is 0 Å². The summed E-state index contributed by atoms with van der Waals surface area (Å²) in [6.07, 6.45) is 3.14. The number of nitrogens with zero attached hydrogens (tertiary/aromatic N) is 3. The Morgan fingerprint density at radius 3 is 2.65 bits per heavy atom. The molecule has 3 rings (SSSR count). The lowest BCUT2D eigenvalue weighted by Gasteiger charge is -2.31. The van der Waals surface area contributed by atoms with Crippen molar-refractivity contribution >= 4 is 0 Å². The minimum Gasteiger partial charge on any atom is -0.496 e. The van der Waals surface area contributed by atoms with Crippen molar-refractivity contribution < 1.29 is 9.26 Å². The molecule has 26 heavy (non-hydrogen) atoms. The van der Waals surface area contributed by atoms with Crippen molar-refractivity contribution in [2.75, 3.05) is 40.3 Å². The normalized spacial score (nSPS) is 15.8. The van der Waals surface area contributed by atoms with Crippen molar-refractivity contribution in [3.05, 3.63) is 47.2 Å². The first-order chi connectivity index (χ1) is 12.5. The van der Waals surface area contributed by atoms with Crippen LogP contribution >= 0.6 is 0 Å². The van der Waals surface area contributed by atoms with Crippen LogP contribution in [-0.4, -0.2) is 55.3 Å². The summed E-state index contributed by atoms with van der Waals surface area (Å²) in [4.78, 5) is 4.76. The zero-order valence-electron chi connectivity index (χ0n) is 16.3. The van der Waals surface area contributed by atoms with Gasteiger partial charge in [-0.3, -0.25) is 4.90 Å². The third kappa shape index (κ3) is 4.74. The molecule has 2 aromatic rings. The molecule has 0 amide bonds. The fourth-order valence-electron chi connectivity index (χ4n) is 3.15. The number of hydrogen-bond acceptors (Lipinski definition) is 5. The van der Waals surface area contributed by atoms with Gasteiger partial charge < -0.3 is 14.2 Å². The Balaban J connectivity index is 1.76. The average Bonchev–Trinajstić information content (AvgIpc) is 3.10. The summed E-state index contributed by atoms with van der Waals surface area (Å²) in [7, 11) is 3.86. The highest BCUT2D eigenvalue weighted by atomic mass is 16.5. The second-order valence-electron chi connectivity index (χ2n) is 7.28. The van der Waals surface area contributed by atoms with Crippen molar-refractivity contribution in [2.24, 2.45) is 0 Å². The number of benzene rings is 1. The van der Waals surface area contributed by atoms with E-state index in [0.717, 1.165) is 61.9 Å². The lowest BCUT2D eigenvalue weighted by Crippen LogP contribution is -2.43. The van der Waals surface area contributed by atoms with Crippen LogP contribution in [0.3, 0.4) is 0 Å². The van der Waals surface area contributed by atoms with Gasteiger partial charge in [-0.15, -0.1) is 0 Å². The molecule has 0 atom stereocenters. The van der Waals surface area contributed by atoms with Crippen molar-refractivity contribution in [3.63, 3.8) is 0 Å². The second-order valence-corrected chi connectivity index (χ2v) is 7.28. The second kappa shape index (κ2) is 8.52. The van der Waals surface area contributed by atoms with E-state index < -0.39 is 0 Å². The molecule has 1 aromatic carbocycles. The Bertz CT molecular complexity index is 754. The molecule has 0 saturated carbocycles. The molecular weight excluding hydrogens is 326 g/mol. The molecule has 0 N–H and O–H groups in total. The standard InChI is InChI=1S/C21H29N3O2/c1-16(2)5-6-17-7-8-21(25-4)19(13-17)20-14-18(26-22-20)15-24-11-9-23(3)10-12-24/h5,7-8,13-14H,6,9-12,15H2,1-4H3. The Morgan fingerprint density at radius 1 is 1.19 bits per heavy atom. The van der Waals surface area contributed by atoms with Crippen LogP contribution in [0.4, 0.5) is 0 Å². The van der Waals surface area contributed by atoms with Gasteiger partial charge in [0, 0.05) is 37.8 Å². The number of allylic oxidation sites excluding steroid dienone is 2. The molecule has 2 heterocycles. The van der Waals surface area contributed by atoms with Crippen LogP contribution < -0.4 is 4.74 Å². The number of likely N-dealkylation sites (N-methyl/N-ethyl adjacent to an activating group) is 1. The van der Waals surface area contributed by atoms with Crippen LogP contribution in [0.5, 0.6) is 5.75 Å². The number of rotatable bonds is 6. The van der Waals surface area contributed by atoms with Gasteiger partial charge in [-0.2, -0.15) is 0 Å². The summed E-state index contributed by atoms with van der Waals surface area (Å²) < 4.78 is 11.2. The molecule has 0 unspecified atom stereocenters. The van der Waals surface area contributed by atoms with E-state index in [1.807, 2.05) is 12.1 Å². The van der Waals surface area contributed by atoms with E-state index in [1.165, 1.54) is 11.1 Å². The van der Waals surface area contributed by atoms with Gasteiger partial charge >= 0.3 is 0 Å². The van der Waals surface area contributed by atoms with Gasteiger partial charge in [0.2, 0.25) is 0 Å². The molecule has 5 heteroatoms. The van der Waals surface area contributed by atoms with E-state index in [1.54, 1.807) is 7.11 Å². The topological polar surface area (TPSA) is 41.7 Å². The van der Waals surface area contributed by atoms with E-state index in [0.29, 0.717) is 0 Å². The SMILES string of the molecule is COc1ccc(CC=C(C)C)cc1-c1cc(CN2CCN(C)CC2)on1. The predicted molar refractivity (Wildman–Crippen MR) is 104 cm³/mol. The number of ether oxygens (including phenoxy) is 1. The maximum absolute atomic E-state index is 5.61. The van der Waals surface area contributed by atoms with E-state index >= 15 is 0 Å². The van der Waals surface area contributed by atoms with E-state index in [-0.39, 0.29) is 0 Å². The Labute approximate surface area is 156 Å². The van der Waals surface area contributed by atoms with Gasteiger partial charge in [0.05, 0.1) is 13.7 Å². The quantitative estimate of drug-likeness (QED) is 0.741. The van der Waals surface area contributed by atoms with E-state index in [4.69, 9.17) is 9.26 Å². The van der Waals surface area contributed by atoms with Crippen molar-refractivity contribution in [3.8, 4) is 17.0 Å². The summed E-state index contributed by atoms with van der Waals surface area (Å²) in [5.74, 6) is 1.73. The molecule has 1 aliphatic rings. The van der Waals surface area contributed by atoms with Crippen LogP contribution in [0.2, 0.25) is 0 Å². The van der Waals surface area contributed by atoms with Crippen molar-refractivity contribution in [1.29, 1.82) is 0 Å². The monoisotopic (exact) mass is 355 g/mol. The third-order valence-electron chi connectivity index (χ3n) is 4.82. The van der Waals surface area contributed by atoms with Gasteiger partial charge in [-0.1, -0.05) is 22.9 Å². The Morgan fingerprint density at radius 2 is 1.96 bits per heavy atom. The smallest absolute Gasteiger partial charge is 0.151 e. The molecule has 0 spiro atoms. The summed E-state index contributed by atoms with van der Waals surface area (Å²) in [6, 6.07) is 8.31. The van der Waals surface area contributed by atoms with Crippen LogP contribution in [0, 0.1) is 0 Å². The zero-order valence-corrected chi connectivity index (χ0v) is 16.3. The molecular formula is C21H29N3O2. The van der Waals surface area contributed by atoms with Crippen LogP contribution in [-0.2, 0) is 13.0 Å². The number of piperazine rings is 1. The summed E-state index contributed by atoms with van der Waals surface area (Å²) in [5, 5.41) is 4.30. The van der Waals surface area contributed by atoms with E-state index in [2.05, 4.69) is 54.1 Å². The first kappa shape index (κ1) is 18.7. The summed E-state index contributed by atoms with van der Waals surface area (Å²) in [6.45, 7) is 9.37. The summed E-state index contributed by atoms with van der Waals surface area (Å²) >= 11 is 0. The van der Waals surface area contributed by atoms with E-state index in [9.17, 15) is 0 Å². The van der Waals surface area contributed by atoms with Gasteiger partial charge in [0.1, 0.15) is 11.4 Å².